The number of thioether (sulfide) groups is 1. The molecule has 1 rings (SSSR count). The van der Waals surface area contributed by atoms with Gasteiger partial charge >= 0.3 is 0 Å². The smallest absolute Gasteiger partial charge is 0.230 e. The van der Waals surface area contributed by atoms with E-state index in [4.69, 9.17) is 0 Å². The lowest BCUT2D eigenvalue weighted by molar-refractivity contribution is -0.118. The van der Waals surface area contributed by atoms with E-state index < -0.39 is 0 Å². The van der Waals surface area contributed by atoms with Crippen molar-refractivity contribution < 1.29 is 4.79 Å². The van der Waals surface area contributed by atoms with E-state index in [1.807, 2.05) is 0 Å². The average Bonchev–Trinajstić information content (AvgIpc) is 2.72. The molecular formula is C11H20N4OS. The van der Waals surface area contributed by atoms with Gasteiger partial charge in [-0.25, -0.2) is 4.98 Å². The quantitative estimate of drug-likeness (QED) is 0.727. The highest BCUT2D eigenvalue weighted by Crippen LogP contribution is 2.12. The van der Waals surface area contributed by atoms with Crippen LogP contribution in [0.3, 0.4) is 0 Å². The Labute approximate surface area is 106 Å². The summed E-state index contributed by atoms with van der Waals surface area (Å²) in [4.78, 5) is 15.7. The van der Waals surface area contributed by atoms with Crippen LogP contribution in [0.25, 0.3) is 0 Å². The highest BCUT2D eigenvalue weighted by molar-refractivity contribution is 7.99. The molecule has 2 N–H and O–H groups in total. The summed E-state index contributed by atoms with van der Waals surface area (Å²) >= 11 is 1.36. The van der Waals surface area contributed by atoms with Crippen molar-refractivity contribution in [3.05, 3.63) is 5.82 Å². The number of aryl methyl sites for hydroxylation is 1. The first-order valence-corrected chi connectivity index (χ1v) is 6.91. The highest BCUT2D eigenvalue weighted by atomic mass is 32.2. The van der Waals surface area contributed by atoms with Crippen molar-refractivity contribution in [1.29, 1.82) is 0 Å². The molecule has 6 heteroatoms. The Kier molecular flexibility index (Phi) is 6.04. The van der Waals surface area contributed by atoms with Gasteiger partial charge in [-0.15, -0.1) is 5.10 Å². The van der Waals surface area contributed by atoms with Crippen molar-refractivity contribution in [1.82, 2.24) is 20.5 Å². The third kappa shape index (κ3) is 5.72. The molecule has 96 valence electrons. The molecule has 0 aliphatic carbocycles. The second-order valence-corrected chi connectivity index (χ2v) is 5.24. The van der Waals surface area contributed by atoms with Crippen LogP contribution < -0.4 is 5.32 Å². The molecule has 1 heterocycles. The zero-order valence-corrected chi connectivity index (χ0v) is 11.4. The molecule has 0 aliphatic heterocycles. The SMILES string of the molecule is CCCc1nc(SCC(=O)NCC(C)C)n[nH]1. The fourth-order valence-corrected chi connectivity index (χ4v) is 1.84. The van der Waals surface area contributed by atoms with Gasteiger partial charge < -0.3 is 5.32 Å². The predicted octanol–water partition coefficient (Wildman–Crippen LogP) is 1.62. The first-order chi connectivity index (χ1) is 8.11. The van der Waals surface area contributed by atoms with Crippen molar-refractivity contribution in [3.63, 3.8) is 0 Å². The third-order valence-electron chi connectivity index (χ3n) is 2.04. The van der Waals surface area contributed by atoms with Crippen LogP contribution in [0.1, 0.15) is 33.0 Å². The molecule has 1 aromatic heterocycles. The molecule has 0 atom stereocenters. The summed E-state index contributed by atoms with van der Waals surface area (Å²) in [5, 5.41) is 10.4. The van der Waals surface area contributed by atoms with Gasteiger partial charge in [0.2, 0.25) is 11.1 Å². The van der Waals surface area contributed by atoms with Crippen LogP contribution in [0.4, 0.5) is 0 Å². The molecule has 0 saturated heterocycles. The fourth-order valence-electron chi connectivity index (χ4n) is 1.19. The number of H-pyrrole nitrogens is 1. The lowest BCUT2D eigenvalue weighted by Crippen LogP contribution is -2.28. The number of carbonyl (C=O) groups is 1. The zero-order chi connectivity index (χ0) is 12.7. The maximum Gasteiger partial charge on any atom is 0.230 e. The van der Waals surface area contributed by atoms with Crippen molar-refractivity contribution >= 4 is 17.7 Å². The number of aromatic amines is 1. The standard InChI is InChI=1S/C11H20N4OS/c1-4-5-9-13-11(15-14-9)17-7-10(16)12-6-8(2)3/h8H,4-7H2,1-3H3,(H,12,16)(H,13,14,15). The Morgan fingerprint density at radius 3 is 2.94 bits per heavy atom. The van der Waals surface area contributed by atoms with Gasteiger partial charge in [-0.05, 0) is 12.3 Å². The van der Waals surface area contributed by atoms with Gasteiger partial charge in [-0.2, -0.15) is 0 Å². The van der Waals surface area contributed by atoms with E-state index in [9.17, 15) is 4.79 Å². The first kappa shape index (κ1) is 14.0. The summed E-state index contributed by atoms with van der Waals surface area (Å²) in [5.41, 5.74) is 0. The monoisotopic (exact) mass is 256 g/mol. The van der Waals surface area contributed by atoms with E-state index in [-0.39, 0.29) is 5.91 Å². The topological polar surface area (TPSA) is 70.7 Å². The van der Waals surface area contributed by atoms with Crippen LogP contribution >= 0.6 is 11.8 Å². The van der Waals surface area contributed by atoms with Crippen LogP contribution in [-0.2, 0) is 11.2 Å². The predicted molar refractivity (Wildman–Crippen MR) is 68.9 cm³/mol. The van der Waals surface area contributed by atoms with Crippen molar-refractivity contribution in [3.8, 4) is 0 Å². The minimum Gasteiger partial charge on any atom is -0.355 e. The van der Waals surface area contributed by atoms with Gasteiger partial charge in [0.25, 0.3) is 0 Å². The molecule has 0 unspecified atom stereocenters. The van der Waals surface area contributed by atoms with Crippen LogP contribution in [0, 0.1) is 5.92 Å². The Morgan fingerprint density at radius 2 is 2.29 bits per heavy atom. The van der Waals surface area contributed by atoms with Gasteiger partial charge in [0.15, 0.2) is 0 Å². The summed E-state index contributed by atoms with van der Waals surface area (Å²) in [6.07, 6.45) is 1.93. The zero-order valence-electron chi connectivity index (χ0n) is 10.6. The molecule has 0 fully saturated rings. The number of nitrogens with zero attached hydrogens (tertiary/aromatic N) is 2. The van der Waals surface area contributed by atoms with Crippen molar-refractivity contribution in [2.24, 2.45) is 5.92 Å². The Morgan fingerprint density at radius 1 is 1.53 bits per heavy atom. The van der Waals surface area contributed by atoms with Crippen molar-refractivity contribution in [2.75, 3.05) is 12.3 Å². The molecule has 17 heavy (non-hydrogen) atoms. The molecule has 0 radical (unpaired) electrons. The Balaban J connectivity index is 2.26. The minimum absolute atomic E-state index is 0.0329. The van der Waals surface area contributed by atoms with Gasteiger partial charge in [0, 0.05) is 13.0 Å². The van der Waals surface area contributed by atoms with Crippen LogP contribution in [0.15, 0.2) is 5.16 Å². The number of amides is 1. The summed E-state index contributed by atoms with van der Waals surface area (Å²) in [6.45, 7) is 6.95. The first-order valence-electron chi connectivity index (χ1n) is 5.92. The maximum atomic E-state index is 11.5. The molecule has 0 spiro atoms. The summed E-state index contributed by atoms with van der Waals surface area (Å²) in [7, 11) is 0. The van der Waals surface area contributed by atoms with Crippen LogP contribution in [0.5, 0.6) is 0 Å². The third-order valence-corrected chi connectivity index (χ3v) is 2.89. The average molecular weight is 256 g/mol. The van der Waals surface area contributed by atoms with E-state index in [1.54, 1.807) is 0 Å². The van der Waals surface area contributed by atoms with E-state index in [0.29, 0.717) is 23.4 Å². The molecule has 0 saturated carbocycles. The summed E-state index contributed by atoms with van der Waals surface area (Å²) < 4.78 is 0. The number of carbonyl (C=O) groups excluding carboxylic acids is 1. The second kappa shape index (κ2) is 7.32. The van der Waals surface area contributed by atoms with E-state index in [2.05, 4.69) is 41.3 Å². The molecule has 0 aromatic carbocycles. The highest BCUT2D eigenvalue weighted by Gasteiger charge is 2.07. The maximum absolute atomic E-state index is 11.5. The Hall–Kier alpha value is -1.04. The van der Waals surface area contributed by atoms with E-state index in [1.165, 1.54) is 11.8 Å². The second-order valence-electron chi connectivity index (χ2n) is 4.30. The number of hydrogen-bond donors (Lipinski definition) is 2. The number of nitrogens with one attached hydrogen (secondary N) is 2. The molecule has 0 bridgehead atoms. The molecule has 1 amide bonds. The van der Waals surface area contributed by atoms with Gasteiger partial charge in [-0.1, -0.05) is 32.5 Å². The number of hydrogen-bond acceptors (Lipinski definition) is 4. The molecular weight excluding hydrogens is 236 g/mol. The number of aromatic nitrogens is 3. The molecule has 0 aliphatic rings. The van der Waals surface area contributed by atoms with Crippen LogP contribution in [-0.4, -0.2) is 33.4 Å². The lowest BCUT2D eigenvalue weighted by Gasteiger charge is -2.05. The normalized spacial score (nSPS) is 10.8. The van der Waals surface area contributed by atoms with Gasteiger partial charge in [0.1, 0.15) is 5.82 Å². The Bertz CT molecular complexity index is 351. The van der Waals surface area contributed by atoms with Crippen LogP contribution in [0.2, 0.25) is 0 Å². The molecule has 5 nitrogen and oxygen atoms in total. The molecule has 1 aromatic rings. The minimum atomic E-state index is 0.0329. The van der Waals surface area contributed by atoms with Gasteiger partial charge in [0.05, 0.1) is 5.75 Å². The summed E-state index contributed by atoms with van der Waals surface area (Å²) in [5.74, 6) is 1.77. The summed E-state index contributed by atoms with van der Waals surface area (Å²) in [6, 6.07) is 0. The fraction of sp³-hybridized carbons (Fsp3) is 0.727. The van der Waals surface area contributed by atoms with Crippen molar-refractivity contribution in [2.45, 2.75) is 38.8 Å². The van der Waals surface area contributed by atoms with E-state index in [0.717, 1.165) is 18.7 Å². The van der Waals surface area contributed by atoms with E-state index >= 15 is 0 Å². The largest absolute Gasteiger partial charge is 0.355 e. The number of rotatable bonds is 7. The lowest BCUT2D eigenvalue weighted by atomic mass is 10.2. The van der Waals surface area contributed by atoms with Gasteiger partial charge in [-0.3, -0.25) is 9.89 Å².